The van der Waals surface area contributed by atoms with Crippen LogP contribution >= 0.6 is 23.1 Å². The van der Waals surface area contributed by atoms with Gasteiger partial charge in [-0.1, -0.05) is 5.16 Å². The van der Waals surface area contributed by atoms with Gasteiger partial charge >= 0.3 is 12.1 Å². The highest BCUT2D eigenvalue weighted by molar-refractivity contribution is 8.00. The zero-order valence-electron chi connectivity index (χ0n) is 18.0. The molecule has 0 aromatic carbocycles. The molecule has 17 heteroatoms. The van der Waals surface area contributed by atoms with E-state index in [0.29, 0.717) is 4.90 Å². The topological polar surface area (TPSA) is 179 Å². The average Bonchev–Trinajstić information content (AvgIpc) is 3.37. The number of carboxylic acids is 1. The normalized spacial score (nSPS) is 23.8. The number of likely N-dealkylation sites (tertiary alicyclic amines) is 1. The van der Waals surface area contributed by atoms with Crippen molar-refractivity contribution in [3.63, 3.8) is 0 Å². The van der Waals surface area contributed by atoms with Gasteiger partial charge in [0.25, 0.3) is 11.8 Å². The molecule has 0 radical (unpaired) electrons. The number of nitrogens with two attached hydrogens (primary N) is 1. The Labute approximate surface area is 208 Å². The van der Waals surface area contributed by atoms with Crippen LogP contribution in [-0.2, 0) is 19.2 Å². The Morgan fingerprint density at radius 1 is 1.36 bits per heavy atom. The first kappa shape index (κ1) is 25.5. The van der Waals surface area contributed by atoms with Crippen LogP contribution in [0, 0.1) is 0 Å². The molecular formula is C19H17F3N6O6S2. The van der Waals surface area contributed by atoms with Gasteiger partial charge in [0.1, 0.15) is 29.4 Å². The van der Waals surface area contributed by atoms with Crippen LogP contribution in [-0.4, -0.2) is 90.9 Å². The number of nitrogens with one attached hydrogen (secondary N) is 1. The highest BCUT2D eigenvalue weighted by atomic mass is 32.2. The average molecular weight is 547 g/mol. The van der Waals surface area contributed by atoms with E-state index >= 15 is 0 Å². The number of nitrogen functional groups attached to an aromatic ring is 1. The number of anilines is 1. The van der Waals surface area contributed by atoms with Gasteiger partial charge in [0.15, 0.2) is 10.8 Å². The predicted molar refractivity (Wildman–Crippen MR) is 120 cm³/mol. The molecule has 0 bridgehead atoms. The van der Waals surface area contributed by atoms with E-state index in [-0.39, 0.29) is 40.7 Å². The van der Waals surface area contributed by atoms with Gasteiger partial charge in [0.2, 0.25) is 5.91 Å². The molecule has 4 rings (SSSR count). The third kappa shape index (κ3) is 4.75. The minimum atomic E-state index is -4.57. The Morgan fingerprint density at radius 2 is 2.08 bits per heavy atom. The van der Waals surface area contributed by atoms with E-state index in [1.54, 1.807) is 0 Å². The van der Waals surface area contributed by atoms with E-state index in [0.717, 1.165) is 28.0 Å². The van der Waals surface area contributed by atoms with E-state index < -0.39 is 59.2 Å². The number of halogens is 3. The van der Waals surface area contributed by atoms with E-state index in [1.165, 1.54) is 11.5 Å². The molecule has 4 heterocycles. The number of β-lactam (4-membered cyclic amide) rings is 1. The molecule has 1 aromatic heterocycles. The Kier molecular flexibility index (Phi) is 6.70. The number of fused-ring (bicyclic) bond motifs is 1. The van der Waals surface area contributed by atoms with Crippen LogP contribution < -0.4 is 11.1 Å². The summed E-state index contributed by atoms with van der Waals surface area (Å²) in [6.45, 7) is -1.57. The summed E-state index contributed by atoms with van der Waals surface area (Å²) in [5, 5.41) is 24.9. The number of thiazole rings is 1. The molecule has 5 N–H and O–H groups in total. The molecule has 0 saturated carbocycles. The van der Waals surface area contributed by atoms with Crippen molar-refractivity contribution in [2.75, 3.05) is 24.6 Å². The summed E-state index contributed by atoms with van der Waals surface area (Å²) in [6, 6.07) is -1.14. The van der Waals surface area contributed by atoms with Gasteiger partial charge in [-0.2, -0.15) is 13.2 Å². The monoisotopic (exact) mass is 546 g/mol. The highest BCUT2D eigenvalue weighted by Gasteiger charge is 2.54. The molecule has 1 aromatic rings. The summed E-state index contributed by atoms with van der Waals surface area (Å²) >= 11 is 2.09. The summed E-state index contributed by atoms with van der Waals surface area (Å²) in [6.07, 6.45) is -3.36. The zero-order chi connectivity index (χ0) is 26.4. The lowest BCUT2D eigenvalue weighted by Crippen LogP contribution is -2.71. The van der Waals surface area contributed by atoms with Crippen molar-refractivity contribution in [3.05, 3.63) is 34.0 Å². The first-order valence-electron chi connectivity index (χ1n) is 10.1. The van der Waals surface area contributed by atoms with Gasteiger partial charge in [-0.3, -0.25) is 19.3 Å². The van der Waals surface area contributed by atoms with Gasteiger partial charge in [0.05, 0.1) is 0 Å². The zero-order valence-corrected chi connectivity index (χ0v) is 19.6. The minimum absolute atomic E-state index is 0.00353. The standard InChI is InChI=1S/C19H17F3N6O6S2/c20-19(21,22)6-27-2-1-7(14(27)30)3-8-4-35-16-11(15(31)28(16)12(8)17(32)33)25-13(29)10(26-34)9-5-36-18(23)24-9/h3,5,11,16,34H,1-2,4,6H2,(H2,23,24)(H,25,29)(H,32,33)/t11-,16-/m1/s1. The SMILES string of the molecule is Nc1nc(C(=NO)C(=O)N[C@@H]2C(=O)N3C(C(=O)O)=C(C=C4CCN(CC(F)(F)F)C4=O)CS[C@H]23)cs1. The number of alkyl halides is 3. The summed E-state index contributed by atoms with van der Waals surface area (Å²) < 4.78 is 38.0. The van der Waals surface area contributed by atoms with Crippen LogP contribution in [0.1, 0.15) is 12.1 Å². The molecule has 3 aliphatic rings. The highest BCUT2D eigenvalue weighted by Crippen LogP contribution is 2.41. The van der Waals surface area contributed by atoms with Crippen molar-refractivity contribution in [1.82, 2.24) is 20.1 Å². The van der Waals surface area contributed by atoms with Crippen LogP contribution in [0.5, 0.6) is 0 Å². The predicted octanol–water partition coefficient (Wildman–Crippen LogP) is 0.363. The first-order valence-corrected chi connectivity index (χ1v) is 12.1. The third-order valence-electron chi connectivity index (χ3n) is 5.50. The smallest absolute Gasteiger partial charge is 0.406 e. The number of carboxylic acid groups (broad SMARTS) is 1. The number of hydrogen-bond acceptors (Lipinski definition) is 10. The molecule has 2 saturated heterocycles. The lowest BCUT2D eigenvalue weighted by Gasteiger charge is -2.49. The minimum Gasteiger partial charge on any atom is -0.477 e. The molecule has 0 aliphatic carbocycles. The molecule has 2 atom stereocenters. The Balaban J connectivity index is 1.52. The number of allylic oxidation sites excluding steroid dienone is 1. The number of rotatable bonds is 6. The number of nitrogens with zero attached hydrogens (tertiary/aromatic N) is 4. The van der Waals surface area contributed by atoms with Gasteiger partial charge in [-0.25, -0.2) is 9.78 Å². The molecular weight excluding hydrogens is 529 g/mol. The van der Waals surface area contributed by atoms with Gasteiger partial charge < -0.3 is 26.3 Å². The summed E-state index contributed by atoms with van der Waals surface area (Å²) in [5.41, 5.74) is 4.69. The third-order valence-corrected chi connectivity index (χ3v) is 7.47. The number of thioether (sulfide) groups is 1. The van der Waals surface area contributed by atoms with E-state index in [1.807, 2.05) is 0 Å². The Morgan fingerprint density at radius 3 is 2.67 bits per heavy atom. The van der Waals surface area contributed by atoms with Gasteiger partial charge in [-0.05, 0) is 18.1 Å². The summed E-state index contributed by atoms with van der Waals surface area (Å²) in [7, 11) is 0. The molecule has 0 spiro atoms. The molecule has 12 nitrogen and oxygen atoms in total. The summed E-state index contributed by atoms with van der Waals surface area (Å²) in [5.74, 6) is -4.01. The summed E-state index contributed by atoms with van der Waals surface area (Å²) in [4.78, 5) is 55.1. The number of carbonyl (C=O) groups excluding carboxylic acids is 3. The van der Waals surface area contributed by atoms with E-state index in [2.05, 4.69) is 15.5 Å². The Bertz CT molecular complexity index is 1240. The van der Waals surface area contributed by atoms with Crippen LogP contribution in [0.3, 0.4) is 0 Å². The van der Waals surface area contributed by atoms with E-state index in [9.17, 15) is 42.7 Å². The maximum absolute atomic E-state index is 12.8. The number of amides is 3. The molecule has 192 valence electrons. The number of aromatic nitrogens is 1. The van der Waals surface area contributed by atoms with Crippen molar-refractivity contribution in [3.8, 4) is 0 Å². The lowest BCUT2D eigenvalue weighted by atomic mass is 10.0. The maximum Gasteiger partial charge on any atom is 0.406 e. The van der Waals surface area contributed by atoms with Crippen molar-refractivity contribution in [2.45, 2.75) is 24.0 Å². The quantitative estimate of drug-likeness (QED) is 0.129. The van der Waals surface area contributed by atoms with E-state index in [4.69, 9.17) is 5.73 Å². The molecule has 3 amide bonds. The first-order chi connectivity index (χ1) is 16.9. The van der Waals surface area contributed by atoms with Crippen molar-refractivity contribution in [1.29, 1.82) is 0 Å². The van der Waals surface area contributed by atoms with Crippen LogP contribution in [0.2, 0.25) is 0 Å². The second kappa shape index (κ2) is 9.45. The van der Waals surface area contributed by atoms with Gasteiger partial charge in [0, 0.05) is 23.3 Å². The largest absolute Gasteiger partial charge is 0.477 e. The molecule has 2 fully saturated rings. The Hall–Kier alpha value is -3.60. The fourth-order valence-electron chi connectivity index (χ4n) is 3.95. The van der Waals surface area contributed by atoms with Crippen LogP contribution in [0.25, 0.3) is 0 Å². The second-order valence-corrected chi connectivity index (χ2v) is 9.82. The molecule has 0 unspecified atom stereocenters. The fraction of sp³-hybridized carbons (Fsp3) is 0.368. The number of hydrogen-bond donors (Lipinski definition) is 4. The lowest BCUT2D eigenvalue weighted by molar-refractivity contribution is -0.156. The molecule has 36 heavy (non-hydrogen) atoms. The van der Waals surface area contributed by atoms with Gasteiger partial charge in [-0.15, -0.1) is 23.1 Å². The number of oxime groups is 1. The maximum atomic E-state index is 12.8. The van der Waals surface area contributed by atoms with Crippen molar-refractivity contribution in [2.24, 2.45) is 5.16 Å². The molecule has 3 aliphatic heterocycles. The number of carbonyl (C=O) groups is 4. The van der Waals surface area contributed by atoms with Crippen LogP contribution in [0.15, 0.2) is 33.5 Å². The van der Waals surface area contributed by atoms with Crippen molar-refractivity contribution < 1.29 is 42.7 Å². The fourth-order valence-corrected chi connectivity index (χ4v) is 5.80. The van der Waals surface area contributed by atoms with Crippen molar-refractivity contribution >= 4 is 57.6 Å². The second-order valence-electron chi connectivity index (χ2n) is 7.82. The van der Waals surface area contributed by atoms with Crippen LogP contribution in [0.4, 0.5) is 18.3 Å². The number of aliphatic carboxylic acids is 1.